The highest BCUT2D eigenvalue weighted by atomic mass is 35.5. The second-order valence-electron chi connectivity index (χ2n) is 7.65. The fourth-order valence-electron chi connectivity index (χ4n) is 2.45. The van der Waals surface area contributed by atoms with E-state index in [4.69, 9.17) is 21.1 Å². The van der Waals surface area contributed by atoms with E-state index in [1.54, 1.807) is 39.0 Å². The van der Waals surface area contributed by atoms with E-state index in [-0.39, 0.29) is 6.61 Å². The topological polar surface area (TPSA) is 76.7 Å². The molecule has 6 nitrogen and oxygen atoms in total. The van der Waals surface area contributed by atoms with Crippen LogP contribution in [0.5, 0.6) is 0 Å². The number of alkyl carbamates (subject to hydrolysis) is 1. The number of hydrogen-bond donors (Lipinski definition) is 2. The Morgan fingerprint density at radius 2 is 1.79 bits per heavy atom. The molecule has 29 heavy (non-hydrogen) atoms. The van der Waals surface area contributed by atoms with Crippen LogP contribution >= 0.6 is 11.6 Å². The van der Waals surface area contributed by atoms with Crippen molar-refractivity contribution in [2.75, 3.05) is 11.9 Å². The van der Waals surface area contributed by atoms with Crippen molar-refractivity contribution in [2.45, 2.75) is 45.9 Å². The summed E-state index contributed by atoms with van der Waals surface area (Å²) < 4.78 is 10.9. The van der Waals surface area contributed by atoms with Gasteiger partial charge in [-0.2, -0.15) is 0 Å². The Hall–Kier alpha value is -2.57. The molecular formula is C22H27ClN2O4. The zero-order valence-corrected chi connectivity index (χ0v) is 17.9. The highest BCUT2D eigenvalue weighted by Crippen LogP contribution is 2.20. The second kappa shape index (κ2) is 10.3. The van der Waals surface area contributed by atoms with Crippen LogP contribution in [-0.4, -0.2) is 30.3 Å². The van der Waals surface area contributed by atoms with Gasteiger partial charge < -0.3 is 20.1 Å². The van der Waals surface area contributed by atoms with Crippen LogP contribution in [0, 0.1) is 6.92 Å². The molecule has 1 atom stereocenters. The quantitative estimate of drug-likeness (QED) is 0.683. The van der Waals surface area contributed by atoms with Crippen LogP contribution in [0.1, 0.15) is 31.9 Å². The van der Waals surface area contributed by atoms with Crippen molar-refractivity contribution >= 4 is 29.3 Å². The first-order chi connectivity index (χ1) is 13.6. The Bertz CT molecular complexity index is 834. The fraction of sp³-hybridized carbons (Fsp3) is 0.364. The van der Waals surface area contributed by atoms with Gasteiger partial charge in [0.2, 0.25) is 5.91 Å². The predicted octanol–water partition coefficient (Wildman–Crippen LogP) is 4.70. The molecule has 0 aliphatic carbocycles. The van der Waals surface area contributed by atoms with Gasteiger partial charge in [-0.1, -0.05) is 48.0 Å². The maximum Gasteiger partial charge on any atom is 0.408 e. The molecule has 0 saturated heterocycles. The van der Waals surface area contributed by atoms with Crippen molar-refractivity contribution < 1.29 is 19.1 Å². The van der Waals surface area contributed by atoms with E-state index in [1.807, 2.05) is 37.3 Å². The normalized spacial score (nSPS) is 12.2. The van der Waals surface area contributed by atoms with E-state index >= 15 is 0 Å². The highest BCUT2D eigenvalue weighted by molar-refractivity contribution is 6.31. The summed E-state index contributed by atoms with van der Waals surface area (Å²) in [5.41, 5.74) is 1.71. The number of halogens is 1. The van der Waals surface area contributed by atoms with Gasteiger partial charge in [0.05, 0.1) is 13.2 Å². The molecule has 2 aromatic rings. The maximum atomic E-state index is 12.8. The largest absolute Gasteiger partial charge is 0.444 e. The van der Waals surface area contributed by atoms with E-state index in [1.165, 1.54) is 0 Å². The van der Waals surface area contributed by atoms with Gasteiger partial charge in [-0.05, 0) is 51.0 Å². The molecule has 0 heterocycles. The fourth-order valence-corrected chi connectivity index (χ4v) is 2.62. The number of amides is 2. The number of hydrogen-bond acceptors (Lipinski definition) is 4. The van der Waals surface area contributed by atoms with Crippen LogP contribution in [0.3, 0.4) is 0 Å². The summed E-state index contributed by atoms with van der Waals surface area (Å²) in [6.45, 7) is 7.42. The SMILES string of the molecule is Cc1ccc(Cl)cc1NC(=O)[C@@H](COCc1ccccc1)NC(=O)OC(C)(C)C. The minimum atomic E-state index is -0.938. The van der Waals surface area contributed by atoms with Crippen molar-refractivity contribution in [3.63, 3.8) is 0 Å². The number of carbonyl (C=O) groups excluding carboxylic acids is 2. The maximum absolute atomic E-state index is 12.8. The first kappa shape index (κ1) is 22.7. The molecule has 0 unspecified atom stereocenters. The predicted molar refractivity (Wildman–Crippen MR) is 114 cm³/mol. The van der Waals surface area contributed by atoms with Crippen LogP contribution in [0.15, 0.2) is 48.5 Å². The third-order valence-electron chi connectivity index (χ3n) is 3.86. The summed E-state index contributed by atoms with van der Waals surface area (Å²) in [5, 5.41) is 5.88. The number of ether oxygens (including phenoxy) is 2. The molecule has 0 aromatic heterocycles. The lowest BCUT2D eigenvalue weighted by atomic mass is 10.2. The van der Waals surface area contributed by atoms with Crippen LogP contribution in [0.25, 0.3) is 0 Å². The van der Waals surface area contributed by atoms with Crippen molar-refractivity contribution in [3.05, 3.63) is 64.7 Å². The molecule has 2 aromatic carbocycles. The molecule has 2 amide bonds. The van der Waals surface area contributed by atoms with E-state index in [0.29, 0.717) is 17.3 Å². The number of carbonyl (C=O) groups is 2. The summed E-state index contributed by atoms with van der Waals surface area (Å²) in [5.74, 6) is -0.422. The summed E-state index contributed by atoms with van der Waals surface area (Å²) in [6, 6.07) is 13.8. The number of benzene rings is 2. The van der Waals surface area contributed by atoms with Crippen LogP contribution in [0.2, 0.25) is 5.02 Å². The standard InChI is InChI=1S/C22H27ClN2O4/c1-15-10-11-17(23)12-18(15)24-20(26)19(25-21(27)29-22(2,3)4)14-28-13-16-8-6-5-7-9-16/h5-12,19H,13-14H2,1-4H3,(H,24,26)(H,25,27)/t19-/m1/s1. The molecule has 0 fully saturated rings. The van der Waals surface area contributed by atoms with Gasteiger partial charge in [0.25, 0.3) is 0 Å². The van der Waals surface area contributed by atoms with Crippen molar-refractivity contribution in [1.29, 1.82) is 0 Å². The highest BCUT2D eigenvalue weighted by Gasteiger charge is 2.25. The Balaban J connectivity index is 2.06. The molecule has 0 radical (unpaired) electrons. The van der Waals surface area contributed by atoms with E-state index in [2.05, 4.69) is 10.6 Å². The average Bonchev–Trinajstić information content (AvgIpc) is 2.63. The average molecular weight is 419 g/mol. The lowest BCUT2D eigenvalue weighted by Gasteiger charge is -2.23. The third kappa shape index (κ3) is 8.13. The Morgan fingerprint density at radius 3 is 2.45 bits per heavy atom. The molecule has 0 aliphatic rings. The molecular weight excluding hydrogens is 392 g/mol. The summed E-state index contributed by atoms with van der Waals surface area (Å²) in [4.78, 5) is 25.0. The minimum Gasteiger partial charge on any atom is -0.444 e. The van der Waals surface area contributed by atoms with Crippen molar-refractivity contribution in [3.8, 4) is 0 Å². The smallest absolute Gasteiger partial charge is 0.408 e. The number of nitrogens with one attached hydrogen (secondary N) is 2. The van der Waals surface area contributed by atoms with E-state index < -0.39 is 23.6 Å². The number of rotatable bonds is 7. The molecule has 0 bridgehead atoms. The first-order valence-corrected chi connectivity index (χ1v) is 9.70. The zero-order chi connectivity index (χ0) is 21.4. The zero-order valence-electron chi connectivity index (χ0n) is 17.1. The molecule has 2 rings (SSSR count). The van der Waals surface area contributed by atoms with Gasteiger partial charge in [-0.3, -0.25) is 4.79 Å². The van der Waals surface area contributed by atoms with Gasteiger partial charge in [-0.25, -0.2) is 4.79 Å². The van der Waals surface area contributed by atoms with Crippen LogP contribution in [-0.2, 0) is 20.9 Å². The lowest BCUT2D eigenvalue weighted by Crippen LogP contribution is -2.48. The van der Waals surface area contributed by atoms with Crippen molar-refractivity contribution in [1.82, 2.24) is 5.32 Å². The van der Waals surface area contributed by atoms with Gasteiger partial charge >= 0.3 is 6.09 Å². The summed E-state index contributed by atoms with van der Waals surface area (Å²) in [7, 11) is 0. The first-order valence-electron chi connectivity index (χ1n) is 9.32. The Kier molecular flexibility index (Phi) is 8.05. The van der Waals surface area contributed by atoms with E-state index in [9.17, 15) is 9.59 Å². The molecule has 0 aliphatic heterocycles. The van der Waals surface area contributed by atoms with Crippen molar-refractivity contribution in [2.24, 2.45) is 0 Å². The summed E-state index contributed by atoms with van der Waals surface area (Å²) in [6.07, 6.45) is -0.691. The van der Waals surface area contributed by atoms with Gasteiger partial charge in [0.1, 0.15) is 11.6 Å². The lowest BCUT2D eigenvalue weighted by molar-refractivity contribution is -0.119. The van der Waals surface area contributed by atoms with Gasteiger partial charge in [0, 0.05) is 10.7 Å². The minimum absolute atomic E-state index is 0.0143. The molecule has 7 heteroatoms. The Labute approximate surface area is 176 Å². The molecule has 2 N–H and O–H groups in total. The molecule has 0 spiro atoms. The van der Waals surface area contributed by atoms with Gasteiger partial charge in [0.15, 0.2) is 0 Å². The number of aryl methyl sites for hydroxylation is 1. The van der Waals surface area contributed by atoms with Gasteiger partial charge in [-0.15, -0.1) is 0 Å². The Morgan fingerprint density at radius 1 is 1.10 bits per heavy atom. The van der Waals surface area contributed by atoms with Crippen LogP contribution < -0.4 is 10.6 Å². The summed E-state index contributed by atoms with van der Waals surface area (Å²) >= 11 is 6.02. The monoisotopic (exact) mass is 418 g/mol. The number of anilines is 1. The molecule has 156 valence electrons. The van der Waals surface area contributed by atoms with E-state index in [0.717, 1.165) is 11.1 Å². The molecule has 0 saturated carbocycles. The third-order valence-corrected chi connectivity index (χ3v) is 4.10. The van der Waals surface area contributed by atoms with Crippen LogP contribution in [0.4, 0.5) is 10.5 Å². The second-order valence-corrected chi connectivity index (χ2v) is 8.08.